The predicted molar refractivity (Wildman–Crippen MR) is 57.6 cm³/mol. The average Bonchev–Trinajstić information content (AvgIpc) is 2.24. The van der Waals surface area contributed by atoms with Crippen molar-refractivity contribution in [2.45, 2.75) is 4.90 Å². The van der Waals surface area contributed by atoms with Crippen molar-refractivity contribution in [1.82, 2.24) is 0 Å². The molecule has 0 aliphatic carbocycles. The molecule has 0 N–H and O–H groups in total. The number of hydrogen-bond donors (Lipinski definition) is 0. The lowest BCUT2D eigenvalue weighted by Gasteiger charge is -2.05. The highest BCUT2D eigenvalue weighted by molar-refractivity contribution is 8.13. The van der Waals surface area contributed by atoms with Crippen LogP contribution >= 0.6 is 10.7 Å². The van der Waals surface area contributed by atoms with Gasteiger partial charge in [0.25, 0.3) is 9.05 Å². The van der Waals surface area contributed by atoms with Gasteiger partial charge >= 0.3 is 5.69 Å². The van der Waals surface area contributed by atoms with Crippen LogP contribution in [0.5, 0.6) is 5.75 Å². The van der Waals surface area contributed by atoms with Gasteiger partial charge in [-0.1, -0.05) is 0 Å². The molecule has 94 valence electrons. The zero-order valence-corrected chi connectivity index (χ0v) is 9.87. The highest BCUT2D eigenvalue weighted by Crippen LogP contribution is 2.30. The van der Waals surface area contributed by atoms with Crippen LogP contribution in [0.2, 0.25) is 0 Å². The molecule has 17 heavy (non-hydrogen) atoms. The van der Waals surface area contributed by atoms with Gasteiger partial charge in [-0.05, 0) is 12.1 Å². The first-order chi connectivity index (χ1) is 7.86. The van der Waals surface area contributed by atoms with E-state index in [0.717, 1.165) is 18.2 Å². The van der Waals surface area contributed by atoms with Gasteiger partial charge in [0.1, 0.15) is 13.3 Å². The standard InChI is InChI=1S/C8H7ClFNO5S/c9-17(14,15)6-1-2-8(16-4-3-10)7(5-6)11(12)13/h1-2,5H,3-4H2. The molecule has 1 aromatic carbocycles. The Bertz CT molecular complexity index is 533. The molecular formula is C8H7ClFNO5S. The Morgan fingerprint density at radius 2 is 2.12 bits per heavy atom. The second-order valence-corrected chi connectivity index (χ2v) is 5.43. The van der Waals surface area contributed by atoms with Gasteiger partial charge in [-0.3, -0.25) is 10.1 Å². The second-order valence-electron chi connectivity index (χ2n) is 2.86. The maximum atomic E-state index is 11.9. The fourth-order valence-electron chi connectivity index (χ4n) is 1.06. The SMILES string of the molecule is O=[N+]([O-])c1cc(S(=O)(=O)Cl)ccc1OCCF. The lowest BCUT2D eigenvalue weighted by molar-refractivity contribution is -0.386. The molecule has 0 heterocycles. The summed E-state index contributed by atoms with van der Waals surface area (Å²) in [6.45, 7) is -1.17. The van der Waals surface area contributed by atoms with E-state index in [1.807, 2.05) is 0 Å². The monoisotopic (exact) mass is 283 g/mol. The quantitative estimate of drug-likeness (QED) is 0.468. The molecule has 0 unspecified atom stereocenters. The van der Waals surface area contributed by atoms with E-state index in [2.05, 4.69) is 0 Å². The van der Waals surface area contributed by atoms with E-state index in [-0.39, 0.29) is 12.4 Å². The summed E-state index contributed by atoms with van der Waals surface area (Å²) in [5, 5.41) is 10.7. The van der Waals surface area contributed by atoms with E-state index < -0.39 is 31.2 Å². The zero-order valence-electron chi connectivity index (χ0n) is 8.30. The molecular weight excluding hydrogens is 277 g/mol. The minimum Gasteiger partial charge on any atom is -0.484 e. The van der Waals surface area contributed by atoms with E-state index in [0.29, 0.717) is 0 Å². The number of halogens is 2. The lowest BCUT2D eigenvalue weighted by atomic mass is 10.3. The van der Waals surface area contributed by atoms with Crippen molar-refractivity contribution in [3.8, 4) is 5.75 Å². The molecule has 0 atom stereocenters. The number of rotatable bonds is 5. The number of nitro benzene ring substituents is 1. The van der Waals surface area contributed by atoms with Gasteiger partial charge in [0.05, 0.1) is 9.82 Å². The minimum atomic E-state index is -4.06. The first-order valence-electron chi connectivity index (χ1n) is 4.28. The van der Waals surface area contributed by atoms with Gasteiger partial charge in [-0.25, -0.2) is 12.8 Å². The molecule has 1 rings (SSSR count). The van der Waals surface area contributed by atoms with Crippen molar-refractivity contribution in [2.75, 3.05) is 13.3 Å². The molecule has 0 spiro atoms. The average molecular weight is 284 g/mol. The van der Waals surface area contributed by atoms with Gasteiger partial charge in [-0.15, -0.1) is 0 Å². The first kappa shape index (κ1) is 13.7. The Morgan fingerprint density at radius 3 is 2.59 bits per heavy atom. The molecule has 0 radical (unpaired) electrons. The van der Waals surface area contributed by atoms with Crippen molar-refractivity contribution >= 4 is 25.4 Å². The summed E-state index contributed by atoms with van der Waals surface area (Å²) in [7, 11) is 0.983. The van der Waals surface area contributed by atoms with Gasteiger partial charge in [-0.2, -0.15) is 0 Å². The van der Waals surface area contributed by atoms with E-state index in [1.54, 1.807) is 0 Å². The summed E-state index contributed by atoms with van der Waals surface area (Å²) in [6, 6.07) is 2.86. The lowest BCUT2D eigenvalue weighted by Crippen LogP contribution is -2.03. The summed E-state index contributed by atoms with van der Waals surface area (Å²) >= 11 is 0. The summed E-state index contributed by atoms with van der Waals surface area (Å²) < 4.78 is 38.6. The van der Waals surface area contributed by atoms with Crippen molar-refractivity contribution in [3.05, 3.63) is 28.3 Å². The maximum Gasteiger partial charge on any atom is 0.312 e. The fraction of sp³-hybridized carbons (Fsp3) is 0.250. The van der Waals surface area contributed by atoms with Crippen LogP contribution in [0.1, 0.15) is 0 Å². The molecule has 9 heteroatoms. The van der Waals surface area contributed by atoms with E-state index in [4.69, 9.17) is 15.4 Å². The normalized spacial score (nSPS) is 11.2. The summed E-state index contributed by atoms with van der Waals surface area (Å²) in [4.78, 5) is 9.41. The molecule has 0 aliphatic heterocycles. The molecule has 0 aliphatic rings. The Kier molecular flexibility index (Phi) is 4.24. The third-order valence-corrected chi connectivity index (χ3v) is 3.09. The number of benzene rings is 1. The summed E-state index contributed by atoms with van der Waals surface area (Å²) in [6.07, 6.45) is 0. The number of hydrogen-bond acceptors (Lipinski definition) is 5. The van der Waals surface area contributed by atoms with Gasteiger partial charge in [0, 0.05) is 16.7 Å². The number of ether oxygens (including phenoxy) is 1. The van der Waals surface area contributed by atoms with Crippen molar-refractivity contribution in [2.24, 2.45) is 0 Å². The molecule has 0 saturated heterocycles. The topological polar surface area (TPSA) is 86.5 Å². The Morgan fingerprint density at radius 1 is 1.47 bits per heavy atom. The van der Waals surface area contributed by atoms with Crippen molar-refractivity contribution in [3.63, 3.8) is 0 Å². The van der Waals surface area contributed by atoms with Crippen LogP contribution in [-0.2, 0) is 9.05 Å². The molecule has 1 aromatic rings. The fourth-order valence-corrected chi connectivity index (χ4v) is 1.83. The maximum absolute atomic E-state index is 11.9. The zero-order chi connectivity index (χ0) is 13.1. The summed E-state index contributed by atoms with van der Waals surface area (Å²) in [5.74, 6) is -0.211. The third-order valence-electron chi connectivity index (χ3n) is 1.74. The first-order valence-corrected chi connectivity index (χ1v) is 6.59. The Hall–Kier alpha value is -1.41. The third kappa shape index (κ3) is 3.53. The van der Waals surface area contributed by atoms with Gasteiger partial charge in [0.15, 0.2) is 5.75 Å². The molecule has 0 fully saturated rings. The van der Waals surface area contributed by atoms with E-state index in [1.165, 1.54) is 0 Å². The number of nitro groups is 1. The van der Waals surface area contributed by atoms with Crippen LogP contribution in [-0.4, -0.2) is 26.6 Å². The molecule has 6 nitrogen and oxygen atoms in total. The van der Waals surface area contributed by atoms with Gasteiger partial charge in [0.2, 0.25) is 0 Å². The van der Waals surface area contributed by atoms with Gasteiger partial charge < -0.3 is 4.74 Å². The highest BCUT2D eigenvalue weighted by Gasteiger charge is 2.20. The number of nitrogens with zero attached hydrogens (tertiary/aromatic N) is 1. The largest absolute Gasteiger partial charge is 0.484 e. The van der Waals surface area contributed by atoms with E-state index in [9.17, 15) is 22.9 Å². The molecule has 0 bridgehead atoms. The van der Waals surface area contributed by atoms with Crippen LogP contribution in [0.4, 0.5) is 10.1 Å². The van der Waals surface area contributed by atoms with Crippen molar-refractivity contribution < 1.29 is 22.5 Å². The highest BCUT2D eigenvalue weighted by atomic mass is 35.7. The second kappa shape index (κ2) is 5.28. The van der Waals surface area contributed by atoms with Crippen LogP contribution in [0.25, 0.3) is 0 Å². The van der Waals surface area contributed by atoms with E-state index >= 15 is 0 Å². The van der Waals surface area contributed by atoms with Crippen LogP contribution < -0.4 is 4.74 Å². The smallest absolute Gasteiger partial charge is 0.312 e. The number of alkyl halides is 1. The Balaban J connectivity index is 3.22. The summed E-state index contributed by atoms with van der Waals surface area (Å²) in [5.41, 5.74) is -0.583. The molecule has 0 aromatic heterocycles. The van der Waals surface area contributed by atoms with Crippen molar-refractivity contribution in [1.29, 1.82) is 0 Å². The Labute approximate surface area is 101 Å². The van der Waals surface area contributed by atoms with Crippen LogP contribution in [0.15, 0.2) is 23.1 Å². The minimum absolute atomic E-state index is 0.211. The van der Waals surface area contributed by atoms with Crippen LogP contribution in [0.3, 0.4) is 0 Å². The molecule has 0 amide bonds. The molecule has 0 saturated carbocycles. The predicted octanol–water partition coefficient (Wildman–Crippen LogP) is 1.87. The van der Waals surface area contributed by atoms with Crippen LogP contribution in [0, 0.1) is 10.1 Å².